The van der Waals surface area contributed by atoms with E-state index in [1.807, 2.05) is 19.9 Å². The third-order valence-corrected chi connectivity index (χ3v) is 3.14. The molecule has 0 atom stereocenters. The predicted molar refractivity (Wildman–Crippen MR) is 68.7 cm³/mol. The minimum absolute atomic E-state index is 0.192. The van der Waals surface area contributed by atoms with Crippen LogP contribution in [-0.2, 0) is 6.54 Å². The van der Waals surface area contributed by atoms with Crippen LogP contribution >= 0.6 is 11.6 Å². The van der Waals surface area contributed by atoms with Crippen molar-refractivity contribution in [1.82, 2.24) is 10.1 Å². The lowest BCUT2D eigenvalue weighted by Gasteiger charge is -2.12. The molecule has 0 aliphatic heterocycles. The number of hydrogen-bond donors (Lipinski definition) is 1. The zero-order valence-corrected chi connectivity index (χ0v) is 11.2. The Labute approximate surface area is 110 Å². The Balaban J connectivity index is 2.68. The van der Waals surface area contributed by atoms with Gasteiger partial charge in [-0.15, -0.1) is 0 Å². The van der Waals surface area contributed by atoms with E-state index in [2.05, 4.69) is 10.1 Å². The number of benzene rings is 1. The van der Waals surface area contributed by atoms with Crippen LogP contribution in [0.5, 0.6) is 5.75 Å². The summed E-state index contributed by atoms with van der Waals surface area (Å²) in [5, 5.41) is 4.44. The van der Waals surface area contributed by atoms with Crippen LogP contribution in [0.4, 0.5) is 0 Å². The lowest BCUT2D eigenvalue weighted by Crippen LogP contribution is -1.98. The summed E-state index contributed by atoms with van der Waals surface area (Å²) in [6.07, 6.45) is 0. The molecular formula is C12H14ClN3O2. The van der Waals surface area contributed by atoms with Crippen molar-refractivity contribution in [2.24, 2.45) is 5.73 Å². The van der Waals surface area contributed by atoms with Crippen LogP contribution in [0.3, 0.4) is 0 Å². The minimum Gasteiger partial charge on any atom is -0.496 e. The number of hydrogen-bond acceptors (Lipinski definition) is 5. The highest BCUT2D eigenvalue weighted by atomic mass is 35.5. The van der Waals surface area contributed by atoms with Gasteiger partial charge in [-0.3, -0.25) is 0 Å². The Hall–Kier alpha value is -1.59. The van der Waals surface area contributed by atoms with Crippen molar-refractivity contribution < 1.29 is 9.26 Å². The van der Waals surface area contributed by atoms with Crippen molar-refractivity contribution in [1.29, 1.82) is 0 Å². The van der Waals surface area contributed by atoms with E-state index in [1.165, 1.54) is 0 Å². The van der Waals surface area contributed by atoms with Crippen LogP contribution in [0.2, 0.25) is 5.02 Å². The van der Waals surface area contributed by atoms with Gasteiger partial charge in [0.25, 0.3) is 0 Å². The fourth-order valence-corrected chi connectivity index (χ4v) is 2.07. The Morgan fingerprint density at radius 3 is 2.67 bits per heavy atom. The summed E-state index contributed by atoms with van der Waals surface area (Å²) < 4.78 is 10.4. The Kier molecular flexibility index (Phi) is 3.54. The zero-order valence-electron chi connectivity index (χ0n) is 10.5. The molecule has 18 heavy (non-hydrogen) atoms. The molecule has 0 bridgehead atoms. The fourth-order valence-electron chi connectivity index (χ4n) is 1.85. The van der Waals surface area contributed by atoms with E-state index in [9.17, 15) is 0 Å². The molecule has 2 aromatic rings. The van der Waals surface area contributed by atoms with Gasteiger partial charge in [-0.25, -0.2) is 0 Å². The van der Waals surface area contributed by atoms with Crippen LogP contribution in [0, 0.1) is 13.8 Å². The molecular weight excluding hydrogens is 254 g/mol. The highest BCUT2D eigenvalue weighted by Gasteiger charge is 2.20. The first-order chi connectivity index (χ1) is 8.58. The maximum atomic E-state index is 6.30. The fraction of sp³-hybridized carbons (Fsp3) is 0.333. The monoisotopic (exact) mass is 267 g/mol. The van der Waals surface area contributed by atoms with Gasteiger partial charge in [0.1, 0.15) is 5.75 Å². The van der Waals surface area contributed by atoms with Crippen molar-refractivity contribution in [2.45, 2.75) is 20.4 Å². The molecule has 1 heterocycles. The van der Waals surface area contributed by atoms with Gasteiger partial charge in [0.2, 0.25) is 11.7 Å². The Morgan fingerprint density at radius 2 is 2.11 bits per heavy atom. The first kappa shape index (κ1) is 12.9. The summed E-state index contributed by atoms with van der Waals surface area (Å²) >= 11 is 6.30. The van der Waals surface area contributed by atoms with E-state index in [-0.39, 0.29) is 6.54 Å². The van der Waals surface area contributed by atoms with Crippen molar-refractivity contribution in [3.05, 3.63) is 28.1 Å². The predicted octanol–water partition coefficient (Wildman–Crippen LogP) is 2.47. The molecule has 2 N–H and O–H groups in total. The first-order valence-electron chi connectivity index (χ1n) is 5.45. The lowest BCUT2D eigenvalue weighted by molar-refractivity contribution is 0.379. The summed E-state index contributed by atoms with van der Waals surface area (Å²) in [6.45, 7) is 4.05. The van der Waals surface area contributed by atoms with Gasteiger partial charge in [-0.2, -0.15) is 4.98 Å². The number of rotatable bonds is 3. The maximum absolute atomic E-state index is 6.30. The van der Waals surface area contributed by atoms with Crippen molar-refractivity contribution >= 4 is 11.6 Å². The standard InChI is InChI=1S/C12H14ClN3O2/c1-6-4-7(2)11(17-3)9(10(6)13)12-15-8(5-14)18-16-12/h4H,5,14H2,1-3H3. The largest absolute Gasteiger partial charge is 0.496 e. The zero-order chi connectivity index (χ0) is 13.3. The summed E-state index contributed by atoms with van der Waals surface area (Å²) in [6, 6.07) is 1.95. The van der Waals surface area contributed by atoms with Gasteiger partial charge in [0, 0.05) is 0 Å². The molecule has 0 aliphatic rings. The topological polar surface area (TPSA) is 74.2 Å². The summed E-state index contributed by atoms with van der Waals surface area (Å²) in [4.78, 5) is 4.18. The van der Waals surface area contributed by atoms with Gasteiger partial charge in [0.05, 0.1) is 24.2 Å². The summed E-state index contributed by atoms with van der Waals surface area (Å²) in [5.74, 6) is 1.40. The van der Waals surface area contributed by atoms with Gasteiger partial charge in [-0.1, -0.05) is 22.8 Å². The minimum atomic E-state index is 0.192. The number of ether oxygens (including phenoxy) is 1. The van der Waals surface area contributed by atoms with E-state index in [0.717, 1.165) is 11.1 Å². The Morgan fingerprint density at radius 1 is 1.39 bits per heavy atom. The average Bonchev–Trinajstić information content (AvgIpc) is 2.81. The molecule has 1 aromatic carbocycles. The Bertz CT molecular complexity index is 581. The van der Waals surface area contributed by atoms with E-state index < -0.39 is 0 Å². The molecule has 0 radical (unpaired) electrons. The second-order valence-corrected chi connectivity index (χ2v) is 4.33. The number of aryl methyl sites for hydroxylation is 2. The van der Waals surface area contributed by atoms with Crippen LogP contribution in [0.1, 0.15) is 17.0 Å². The number of nitrogens with two attached hydrogens (primary N) is 1. The van der Waals surface area contributed by atoms with Crippen molar-refractivity contribution in [3.8, 4) is 17.1 Å². The summed E-state index contributed by atoms with van der Waals surface area (Å²) in [5.41, 5.74) is 7.99. The van der Waals surface area contributed by atoms with Crippen LogP contribution in [0.15, 0.2) is 10.6 Å². The van der Waals surface area contributed by atoms with Crippen LogP contribution in [-0.4, -0.2) is 17.3 Å². The summed E-state index contributed by atoms with van der Waals surface area (Å²) in [7, 11) is 1.58. The molecule has 0 spiro atoms. The molecule has 0 aliphatic carbocycles. The van der Waals surface area contributed by atoms with Crippen molar-refractivity contribution in [3.63, 3.8) is 0 Å². The SMILES string of the molecule is COc1c(C)cc(C)c(Cl)c1-c1noc(CN)n1. The molecule has 1 aromatic heterocycles. The number of aromatic nitrogens is 2. The van der Waals surface area contributed by atoms with E-state index in [0.29, 0.717) is 28.1 Å². The highest BCUT2D eigenvalue weighted by Crippen LogP contribution is 2.39. The molecule has 0 saturated heterocycles. The quantitative estimate of drug-likeness (QED) is 0.925. The van der Waals surface area contributed by atoms with Gasteiger partial charge in [0.15, 0.2) is 0 Å². The lowest BCUT2D eigenvalue weighted by atomic mass is 10.0. The molecule has 2 rings (SSSR count). The third kappa shape index (κ3) is 2.07. The molecule has 0 saturated carbocycles. The molecule has 0 fully saturated rings. The van der Waals surface area contributed by atoms with Gasteiger partial charge < -0.3 is 15.0 Å². The molecule has 6 heteroatoms. The first-order valence-corrected chi connectivity index (χ1v) is 5.83. The smallest absolute Gasteiger partial charge is 0.240 e. The number of nitrogens with zero attached hydrogens (tertiary/aromatic N) is 2. The average molecular weight is 268 g/mol. The second kappa shape index (κ2) is 4.96. The highest BCUT2D eigenvalue weighted by molar-refractivity contribution is 6.34. The number of methoxy groups -OCH3 is 1. The molecule has 96 valence electrons. The van der Waals surface area contributed by atoms with Crippen molar-refractivity contribution in [2.75, 3.05) is 7.11 Å². The molecule has 0 amide bonds. The van der Waals surface area contributed by atoms with Gasteiger partial charge >= 0.3 is 0 Å². The maximum Gasteiger partial charge on any atom is 0.240 e. The molecule has 0 unspecified atom stereocenters. The third-order valence-electron chi connectivity index (χ3n) is 2.65. The van der Waals surface area contributed by atoms with Gasteiger partial charge in [-0.05, 0) is 25.0 Å². The molecule has 5 nitrogen and oxygen atoms in total. The van der Waals surface area contributed by atoms with Crippen LogP contribution < -0.4 is 10.5 Å². The second-order valence-electron chi connectivity index (χ2n) is 3.95. The van der Waals surface area contributed by atoms with E-state index >= 15 is 0 Å². The van der Waals surface area contributed by atoms with Crippen LogP contribution in [0.25, 0.3) is 11.4 Å². The normalized spacial score (nSPS) is 10.7. The van der Waals surface area contributed by atoms with E-state index in [1.54, 1.807) is 7.11 Å². The number of halogens is 1. The van der Waals surface area contributed by atoms with E-state index in [4.69, 9.17) is 26.6 Å².